The molecule has 0 radical (unpaired) electrons. The summed E-state index contributed by atoms with van der Waals surface area (Å²) in [6.45, 7) is 7.64. The first-order valence-corrected chi connectivity index (χ1v) is 8.01. The van der Waals surface area contributed by atoms with Crippen molar-refractivity contribution in [1.29, 1.82) is 0 Å². The molecule has 2 rings (SSSR count). The van der Waals surface area contributed by atoms with Crippen LogP contribution in [0.15, 0.2) is 29.2 Å². The van der Waals surface area contributed by atoms with Gasteiger partial charge in [0.15, 0.2) is 0 Å². The predicted molar refractivity (Wildman–Crippen MR) is 77.2 cm³/mol. The molecule has 4 nitrogen and oxygen atoms in total. The SMILES string of the molecule is CC(C)(C)C1CCN(S(=O)(=O)c2ccccc2N)C1. The zero-order chi connectivity index (χ0) is 14.3. The Kier molecular flexibility index (Phi) is 3.62. The zero-order valence-electron chi connectivity index (χ0n) is 11.8. The standard InChI is InChI=1S/C14H22N2O2S/c1-14(2,3)11-8-9-16(10-11)19(17,18)13-7-5-4-6-12(13)15/h4-7,11H,8-10,15H2,1-3H3. The van der Waals surface area contributed by atoms with E-state index in [1.807, 2.05) is 0 Å². The average Bonchev–Trinajstić information content (AvgIpc) is 2.78. The largest absolute Gasteiger partial charge is 0.398 e. The zero-order valence-corrected chi connectivity index (χ0v) is 12.6. The second-order valence-electron chi connectivity index (χ2n) is 6.25. The number of rotatable bonds is 2. The van der Waals surface area contributed by atoms with Crippen LogP contribution in [-0.2, 0) is 10.0 Å². The molecule has 0 aliphatic carbocycles. The fourth-order valence-electron chi connectivity index (χ4n) is 2.51. The van der Waals surface area contributed by atoms with Crippen LogP contribution in [0.25, 0.3) is 0 Å². The van der Waals surface area contributed by atoms with Gasteiger partial charge in [-0.15, -0.1) is 0 Å². The molecule has 2 N–H and O–H groups in total. The summed E-state index contributed by atoms with van der Waals surface area (Å²) in [4.78, 5) is 0.226. The molecule has 1 aromatic carbocycles. The smallest absolute Gasteiger partial charge is 0.245 e. The van der Waals surface area contributed by atoms with E-state index in [4.69, 9.17) is 5.73 Å². The monoisotopic (exact) mass is 282 g/mol. The third-order valence-corrected chi connectivity index (χ3v) is 5.85. The second kappa shape index (κ2) is 4.80. The number of sulfonamides is 1. The van der Waals surface area contributed by atoms with Gasteiger partial charge in [0.05, 0.1) is 5.69 Å². The van der Waals surface area contributed by atoms with Gasteiger partial charge in [0.1, 0.15) is 4.90 Å². The molecule has 0 spiro atoms. The van der Waals surface area contributed by atoms with E-state index in [2.05, 4.69) is 20.8 Å². The highest BCUT2D eigenvalue weighted by atomic mass is 32.2. The normalized spacial score (nSPS) is 21.7. The average molecular weight is 282 g/mol. The molecule has 5 heteroatoms. The Morgan fingerprint density at radius 2 is 1.89 bits per heavy atom. The molecule has 1 aromatic rings. The summed E-state index contributed by atoms with van der Waals surface area (Å²) in [5, 5.41) is 0. The van der Waals surface area contributed by atoms with Crippen molar-refractivity contribution in [2.75, 3.05) is 18.8 Å². The number of hydrogen-bond donors (Lipinski definition) is 1. The molecule has 1 unspecified atom stereocenters. The van der Waals surface area contributed by atoms with Gasteiger partial charge in [0.25, 0.3) is 0 Å². The van der Waals surface area contributed by atoms with Crippen LogP contribution in [0.4, 0.5) is 5.69 Å². The lowest BCUT2D eigenvalue weighted by Crippen LogP contribution is -2.31. The Bertz CT molecular complexity index is 561. The maximum Gasteiger partial charge on any atom is 0.245 e. The Balaban J connectivity index is 2.26. The van der Waals surface area contributed by atoms with Crippen LogP contribution in [0.3, 0.4) is 0 Å². The summed E-state index contributed by atoms with van der Waals surface area (Å²) >= 11 is 0. The molecule has 0 saturated carbocycles. The van der Waals surface area contributed by atoms with Crippen molar-refractivity contribution in [2.45, 2.75) is 32.1 Å². The van der Waals surface area contributed by atoms with E-state index in [0.717, 1.165) is 6.42 Å². The minimum atomic E-state index is -3.45. The summed E-state index contributed by atoms with van der Waals surface area (Å²) in [7, 11) is -3.45. The van der Waals surface area contributed by atoms with Crippen LogP contribution in [-0.4, -0.2) is 25.8 Å². The van der Waals surface area contributed by atoms with Gasteiger partial charge in [-0.05, 0) is 29.9 Å². The molecular weight excluding hydrogens is 260 g/mol. The van der Waals surface area contributed by atoms with Crippen LogP contribution < -0.4 is 5.73 Å². The predicted octanol–water partition coefficient (Wildman–Crippen LogP) is 2.33. The lowest BCUT2D eigenvalue weighted by Gasteiger charge is -2.27. The molecule has 1 fully saturated rings. The van der Waals surface area contributed by atoms with Crippen LogP contribution in [0.5, 0.6) is 0 Å². The van der Waals surface area contributed by atoms with Crippen molar-refractivity contribution in [3.05, 3.63) is 24.3 Å². The Morgan fingerprint density at radius 3 is 2.42 bits per heavy atom. The van der Waals surface area contributed by atoms with E-state index in [-0.39, 0.29) is 10.3 Å². The highest BCUT2D eigenvalue weighted by Gasteiger charge is 2.38. The minimum Gasteiger partial charge on any atom is -0.398 e. The van der Waals surface area contributed by atoms with E-state index < -0.39 is 10.0 Å². The van der Waals surface area contributed by atoms with Crippen LogP contribution >= 0.6 is 0 Å². The molecule has 1 aliphatic rings. The fourth-order valence-corrected chi connectivity index (χ4v) is 4.12. The molecule has 1 aliphatic heterocycles. The summed E-state index contributed by atoms with van der Waals surface area (Å²) in [5.74, 6) is 0.396. The van der Waals surface area contributed by atoms with Gasteiger partial charge < -0.3 is 5.73 Å². The molecule has 106 valence electrons. The van der Waals surface area contributed by atoms with Crippen LogP contribution in [0.2, 0.25) is 0 Å². The molecule has 0 aromatic heterocycles. The quantitative estimate of drug-likeness (QED) is 0.847. The first kappa shape index (κ1) is 14.3. The minimum absolute atomic E-state index is 0.131. The lowest BCUT2D eigenvalue weighted by molar-refractivity contribution is 0.252. The van der Waals surface area contributed by atoms with Crippen molar-refractivity contribution in [2.24, 2.45) is 11.3 Å². The summed E-state index contributed by atoms with van der Waals surface area (Å²) in [6.07, 6.45) is 0.912. The van der Waals surface area contributed by atoms with Gasteiger partial charge in [0.2, 0.25) is 10.0 Å². The topological polar surface area (TPSA) is 63.4 Å². The van der Waals surface area contributed by atoms with Gasteiger partial charge in [-0.25, -0.2) is 8.42 Å². The van der Waals surface area contributed by atoms with Gasteiger partial charge in [0, 0.05) is 13.1 Å². The van der Waals surface area contributed by atoms with Gasteiger partial charge in [-0.3, -0.25) is 0 Å². The number of anilines is 1. The van der Waals surface area contributed by atoms with Gasteiger partial charge in [-0.1, -0.05) is 32.9 Å². The second-order valence-corrected chi connectivity index (χ2v) is 8.16. The first-order valence-electron chi connectivity index (χ1n) is 6.57. The van der Waals surface area contributed by atoms with Crippen molar-refractivity contribution in [3.8, 4) is 0 Å². The molecule has 0 amide bonds. The lowest BCUT2D eigenvalue weighted by atomic mass is 9.80. The van der Waals surface area contributed by atoms with E-state index in [9.17, 15) is 8.42 Å². The molecule has 1 atom stereocenters. The van der Waals surface area contributed by atoms with E-state index >= 15 is 0 Å². The summed E-state index contributed by atoms with van der Waals surface area (Å²) < 4.78 is 26.7. The maximum atomic E-state index is 12.6. The number of nitrogens with zero attached hydrogens (tertiary/aromatic N) is 1. The van der Waals surface area contributed by atoms with Crippen molar-refractivity contribution < 1.29 is 8.42 Å². The number of hydrogen-bond acceptors (Lipinski definition) is 3. The van der Waals surface area contributed by atoms with Crippen LogP contribution in [0.1, 0.15) is 27.2 Å². The van der Waals surface area contributed by atoms with Crippen molar-refractivity contribution in [1.82, 2.24) is 4.31 Å². The van der Waals surface area contributed by atoms with Gasteiger partial charge >= 0.3 is 0 Å². The van der Waals surface area contributed by atoms with Crippen molar-refractivity contribution in [3.63, 3.8) is 0 Å². The Hall–Kier alpha value is -1.07. The molecule has 1 heterocycles. The fraction of sp³-hybridized carbons (Fsp3) is 0.571. The Morgan fingerprint density at radius 1 is 1.26 bits per heavy atom. The third kappa shape index (κ3) is 2.77. The molecule has 19 heavy (non-hydrogen) atoms. The number of nitrogen functional groups attached to an aromatic ring is 1. The number of nitrogens with two attached hydrogens (primary N) is 1. The highest BCUT2D eigenvalue weighted by molar-refractivity contribution is 7.89. The molecular formula is C14H22N2O2S. The maximum absolute atomic E-state index is 12.6. The van der Waals surface area contributed by atoms with E-state index in [0.29, 0.717) is 24.7 Å². The molecule has 1 saturated heterocycles. The number of benzene rings is 1. The van der Waals surface area contributed by atoms with Crippen molar-refractivity contribution >= 4 is 15.7 Å². The van der Waals surface area contributed by atoms with E-state index in [1.54, 1.807) is 28.6 Å². The third-order valence-electron chi connectivity index (χ3n) is 3.91. The van der Waals surface area contributed by atoms with Gasteiger partial charge in [-0.2, -0.15) is 4.31 Å². The van der Waals surface area contributed by atoms with E-state index in [1.165, 1.54) is 0 Å². The van der Waals surface area contributed by atoms with Crippen LogP contribution in [0, 0.1) is 11.3 Å². The Labute approximate surface area is 115 Å². The number of para-hydroxylation sites is 1. The molecule has 0 bridgehead atoms. The first-order chi connectivity index (χ1) is 8.73. The summed E-state index contributed by atoms with van der Waals surface area (Å²) in [5.41, 5.74) is 6.24. The summed E-state index contributed by atoms with van der Waals surface area (Å²) in [6, 6.07) is 6.66. The highest BCUT2D eigenvalue weighted by Crippen LogP contribution is 2.36.